The lowest BCUT2D eigenvalue weighted by molar-refractivity contribution is -0.123. The topological polar surface area (TPSA) is 83.8 Å². The number of nitrogens with two attached hydrogens (primary N) is 1. The van der Waals surface area contributed by atoms with E-state index in [-0.39, 0.29) is 5.91 Å². The fourth-order valence-corrected chi connectivity index (χ4v) is 1.87. The molecule has 2 rings (SSSR count). The van der Waals surface area contributed by atoms with E-state index in [0.29, 0.717) is 5.69 Å². The summed E-state index contributed by atoms with van der Waals surface area (Å²) >= 11 is 0. The molecule has 0 fully saturated rings. The van der Waals surface area contributed by atoms with Crippen LogP contribution in [0, 0.1) is 11.3 Å². The van der Waals surface area contributed by atoms with Gasteiger partial charge in [-0.05, 0) is 17.7 Å². The smallest absolute Gasteiger partial charge is 0.261 e. The highest BCUT2D eigenvalue weighted by Gasteiger charge is 2.22. The van der Waals surface area contributed by atoms with Crippen LogP contribution in [0.3, 0.4) is 0 Å². The van der Waals surface area contributed by atoms with Crippen molar-refractivity contribution in [3.05, 3.63) is 59.9 Å². The van der Waals surface area contributed by atoms with Crippen molar-refractivity contribution in [3.63, 3.8) is 0 Å². The van der Waals surface area contributed by atoms with Gasteiger partial charge in [-0.3, -0.25) is 10.2 Å². The van der Waals surface area contributed by atoms with Crippen LogP contribution >= 0.6 is 0 Å². The molecule has 0 spiro atoms. The quantitative estimate of drug-likeness (QED) is 0.475. The van der Waals surface area contributed by atoms with Gasteiger partial charge in [0.05, 0.1) is 0 Å². The Balaban J connectivity index is 2.51. The summed E-state index contributed by atoms with van der Waals surface area (Å²) in [6.07, 6.45) is 1.69. The molecule has 0 aliphatic carbocycles. The second kappa shape index (κ2) is 5.17. The first kappa shape index (κ1) is 11.9. The number of benzene rings is 1. The van der Waals surface area contributed by atoms with Gasteiger partial charge in [-0.15, -0.1) is 0 Å². The predicted octanol–water partition coefficient (Wildman–Crippen LogP) is 0.939. The molecule has 0 saturated carbocycles. The Kier molecular flexibility index (Phi) is 3.41. The van der Waals surface area contributed by atoms with E-state index in [4.69, 9.17) is 11.1 Å². The molecule has 5 heteroatoms. The van der Waals surface area contributed by atoms with Crippen molar-refractivity contribution in [2.45, 2.75) is 6.04 Å². The van der Waals surface area contributed by atoms with Crippen LogP contribution in [-0.2, 0) is 4.79 Å². The van der Waals surface area contributed by atoms with Crippen LogP contribution in [0.25, 0.3) is 0 Å². The summed E-state index contributed by atoms with van der Waals surface area (Å²) in [5.74, 6) is 4.85. The number of hydrogen-bond acceptors (Lipinski definition) is 3. The Hall–Kier alpha value is -2.58. The van der Waals surface area contributed by atoms with Gasteiger partial charge in [0.15, 0.2) is 0 Å². The number of hydrogen-bond donors (Lipinski definition) is 2. The third kappa shape index (κ3) is 2.10. The minimum Gasteiger partial charge on any atom is -0.323 e. The first-order chi connectivity index (χ1) is 8.77. The number of amides is 1. The molecule has 1 aromatic carbocycles. The first-order valence-electron chi connectivity index (χ1n) is 5.40. The van der Waals surface area contributed by atoms with Gasteiger partial charge >= 0.3 is 0 Å². The zero-order valence-electron chi connectivity index (χ0n) is 9.58. The van der Waals surface area contributed by atoms with Gasteiger partial charge in [-0.25, -0.2) is 5.84 Å². The molecule has 1 unspecified atom stereocenters. The van der Waals surface area contributed by atoms with Gasteiger partial charge < -0.3 is 4.57 Å². The highest BCUT2D eigenvalue weighted by atomic mass is 16.2. The van der Waals surface area contributed by atoms with Gasteiger partial charge in [0, 0.05) is 6.20 Å². The number of nitrogens with one attached hydrogen (secondary N) is 1. The van der Waals surface area contributed by atoms with Gasteiger partial charge in [0.2, 0.25) is 0 Å². The predicted molar refractivity (Wildman–Crippen MR) is 66.1 cm³/mol. The minimum atomic E-state index is -0.638. The van der Waals surface area contributed by atoms with Crippen LogP contribution in [0.2, 0.25) is 0 Å². The maximum atomic E-state index is 11.9. The average Bonchev–Trinajstić information content (AvgIpc) is 2.88. The van der Waals surface area contributed by atoms with Crippen LogP contribution in [-0.4, -0.2) is 10.5 Å². The number of carbonyl (C=O) groups is 1. The van der Waals surface area contributed by atoms with Crippen molar-refractivity contribution in [2.24, 2.45) is 5.84 Å². The minimum absolute atomic E-state index is 0.367. The standard InChI is InChI=1S/C13H12N4O/c14-9-11-7-4-8-17(11)12(13(18)16-15)10-5-2-1-3-6-10/h1-8,12H,15H2,(H,16,18). The lowest BCUT2D eigenvalue weighted by Gasteiger charge is -2.18. The van der Waals surface area contributed by atoms with Crippen molar-refractivity contribution in [1.29, 1.82) is 5.26 Å². The van der Waals surface area contributed by atoms with Crippen molar-refractivity contribution >= 4 is 5.91 Å². The van der Waals surface area contributed by atoms with E-state index in [1.807, 2.05) is 36.4 Å². The summed E-state index contributed by atoms with van der Waals surface area (Å²) in [6.45, 7) is 0. The van der Waals surface area contributed by atoms with Gasteiger partial charge in [0.25, 0.3) is 5.91 Å². The van der Waals surface area contributed by atoms with Crippen LogP contribution < -0.4 is 11.3 Å². The fourth-order valence-electron chi connectivity index (χ4n) is 1.87. The molecule has 1 heterocycles. The Morgan fingerprint density at radius 2 is 2.00 bits per heavy atom. The summed E-state index contributed by atoms with van der Waals surface area (Å²) in [7, 11) is 0. The maximum Gasteiger partial charge on any atom is 0.261 e. The molecule has 0 aliphatic rings. The molecule has 0 bridgehead atoms. The summed E-state index contributed by atoms with van der Waals surface area (Å²) < 4.78 is 1.59. The largest absolute Gasteiger partial charge is 0.323 e. The van der Waals surface area contributed by atoms with Crippen LogP contribution in [0.1, 0.15) is 17.3 Å². The number of aromatic nitrogens is 1. The van der Waals surface area contributed by atoms with Crippen molar-refractivity contribution in [3.8, 4) is 6.07 Å². The van der Waals surface area contributed by atoms with E-state index in [2.05, 4.69) is 5.43 Å². The third-order valence-electron chi connectivity index (χ3n) is 2.68. The van der Waals surface area contributed by atoms with Crippen LogP contribution in [0.15, 0.2) is 48.7 Å². The fraction of sp³-hybridized carbons (Fsp3) is 0.0769. The first-order valence-corrected chi connectivity index (χ1v) is 5.40. The van der Waals surface area contributed by atoms with E-state index in [9.17, 15) is 4.79 Å². The normalized spacial score (nSPS) is 11.6. The zero-order valence-corrected chi connectivity index (χ0v) is 9.58. The molecule has 18 heavy (non-hydrogen) atoms. The van der Waals surface area contributed by atoms with Gasteiger partial charge in [-0.2, -0.15) is 5.26 Å². The van der Waals surface area contributed by atoms with Crippen molar-refractivity contribution in [1.82, 2.24) is 9.99 Å². The van der Waals surface area contributed by atoms with Crippen LogP contribution in [0.4, 0.5) is 0 Å². The number of nitriles is 1. The van der Waals surface area contributed by atoms with Crippen molar-refractivity contribution < 1.29 is 4.79 Å². The molecular weight excluding hydrogens is 228 g/mol. The highest BCUT2D eigenvalue weighted by Crippen LogP contribution is 2.20. The van der Waals surface area contributed by atoms with E-state index in [1.165, 1.54) is 0 Å². The molecular formula is C13H12N4O. The van der Waals surface area contributed by atoms with E-state index < -0.39 is 6.04 Å². The molecule has 3 N–H and O–H groups in total. The number of hydrazine groups is 1. The zero-order chi connectivity index (χ0) is 13.0. The Morgan fingerprint density at radius 3 is 2.61 bits per heavy atom. The number of rotatable bonds is 3. The summed E-state index contributed by atoms with van der Waals surface area (Å²) in [5.41, 5.74) is 3.32. The molecule has 5 nitrogen and oxygen atoms in total. The summed E-state index contributed by atoms with van der Waals surface area (Å²) in [5, 5.41) is 9.02. The van der Waals surface area contributed by atoms with Crippen molar-refractivity contribution in [2.75, 3.05) is 0 Å². The molecule has 1 amide bonds. The average molecular weight is 240 g/mol. The Labute approximate surface area is 104 Å². The second-order valence-electron chi connectivity index (χ2n) is 3.73. The Morgan fingerprint density at radius 1 is 1.28 bits per heavy atom. The summed E-state index contributed by atoms with van der Waals surface area (Å²) in [6, 6.07) is 14.0. The molecule has 90 valence electrons. The second-order valence-corrected chi connectivity index (χ2v) is 3.73. The van der Waals surface area contributed by atoms with E-state index in [0.717, 1.165) is 5.56 Å². The Bertz CT molecular complexity index is 583. The monoisotopic (exact) mass is 240 g/mol. The molecule has 1 aromatic heterocycles. The third-order valence-corrected chi connectivity index (χ3v) is 2.68. The molecule has 2 aromatic rings. The van der Waals surface area contributed by atoms with Gasteiger partial charge in [-0.1, -0.05) is 30.3 Å². The number of nitrogens with zero attached hydrogens (tertiary/aromatic N) is 2. The molecule has 0 aliphatic heterocycles. The van der Waals surface area contributed by atoms with E-state index >= 15 is 0 Å². The maximum absolute atomic E-state index is 11.9. The van der Waals surface area contributed by atoms with Crippen LogP contribution in [0.5, 0.6) is 0 Å². The number of carbonyl (C=O) groups excluding carboxylic acids is 1. The van der Waals surface area contributed by atoms with E-state index in [1.54, 1.807) is 22.9 Å². The molecule has 1 atom stereocenters. The van der Waals surface area contributed by atoms with Gasteiger partial charge in [0.1, 0.15) is 17.8 Å². The lowest BCUT2D eigenvalue weighted by atomic mass is 10.1. The highest BCUT2D eigenvalue weighted by molar-refractivity contribution is 5.83. The summed E-state index contributed by atoms with van der Waals surface area (Å²) in [4.78, 5) is 11.9. The SMILES string of the molecule is N#Cc1cccn1C(C(=O)NN)c1ccccc1. The molecule has 0 radical (unpaired) electrons. The lowest BCUT2D eigenvalue weighted by Crippen LogP contribution is -2.37. The molecule has 0 saturated heterocycles.